The van der Waals surface area contributed by atoms with Crippen LogP contribution in [0.5, 0.6) is 0 Å². The van der Waals surface area contributed by atoms with E-state index < -0.39 is 0 Å². The molecular formula is C11H19N5. The summed E-state index contributed by atoms with van der Waals surface area (Å²) in [4.78, 5) is 10.4. The van der Waals surface area contributed by atoms with Crippen molar-refractivity contribution in [3.8, 4) is 0 Å². The molecule has 0 saturated carbocycles. The molecule has 0 aromatic carbocycles. The van der Waals surface area contributed by atoms with Gasteiger partial charge in [-0.2, -0.15) is 0 Å². The molecule has 3 N–H and O–H groups in total. The first-order valence-corrected chi connectivity index (χ1v) is 5.46. The lowest BCUT2D eigenvalue weighted by molar-refractivity contribution is 0.610. The molecule has 5 nitrogen and oxygen atoms in total. The summed E-state index contributed by atoms with van der Waals surface area (Å²) in [5.41, 5.74) is 5.93. The molecule has 0 aliphatic carbocycles. The SMILES string of the molecule is CCCC(C)N(C)c1nccnc1C(=N)N. The first-order valence-electron chi connectivity index (χ1n) is 5.46. The standard InChI is InChI=1S/C11H19N5/c1-4-5-8(2)16(3)11-9(10(12)13)14-6-7-15-11/h6-8H,4-5H2,1-3H3,(H3,12,13). The van der Waals surface area contributed by atoms with Gasteiger partial charge in [-0.05, 0) is 13.3 Å². The third-order valence-corrected chi connectivity index (χ3v) is 2.64. The number of nitrogens with one attached hydrogen (secondary N) is 1. The van der Waals surface area contributed by atoms with Gasteiger partial charge in [0.2, 0.25) is 0 Å². The molecule has 1 atom stereocenters. The van der Waals surface area contributed by atoms with Gasteiger partial charge >= 0.3 is 0 Å². The second-order valence-electron chi connectivity index (χ2n) is 3.89. The largest absolute Gasteiger partial charge is 0.382 e. The van der Waals surface area contributed by atoms with Crippen molar-refractivity contribution in [3.63, 3.8) is 0 Å². The number of nitrogen functional groups attached to an aromatic ring is 1. The highest BCUT2D eigenvalue weighted by atomic mass is 15.2. The maximum absolute atomic E-state index is 7.46. The molecule has 0 spiro atoms. The van der Waals surface area contributed by atoms with E-state index >= 15 is 0 Å². The van der Waals surface area contributed by atoms with Crippen molar-refractivity contribution < 1.29 is 0 Å². The smallest absolute Gasteiger partial charge is 0.158 e. The van der Waals surface area contributed by atoms with E-state index in [1.807, 2.05) is 11.9 Å². The number of hydrogen-bond acceptors (Lipinski definition) is 4. The Morgan fingerprint density at radius 3 is 2.69 bits per heavy atom. The molecule has 88 valence electrons. The van der Waals surface area contributed by atoms with Crippen LogP contribution in [0.1, 0.15) is 32.4 Å². The predicted molar refractivity (Wildman–Crippen MR) is 65.8 cm³/mol. The van der Waals surface area contributed by atoms with E-state index in [0.29, 0.717) is 17.6 Å². The lowest BCUT2D eigenvalue weighted by Crippen LogP contribution is -2.32. The molecular weight excluding hydrogens is 202 g/mol. The minimum Gasteiger partial charge on any atom is -0.382 e. The minimum absolute atomic E-state index is 0.0429. The van der Waals surface area contributed by atoms with Crippen LogP contribution in [-0.2, 0) is 0 Å². The molecule has 0 saturated heterocycles. The summed E-state index contributed by atoms with van der Waals surface area (Å²) < 4.78 is 0. The zero-order chi connectivity index (χ0) is 12.1. The molecule has 0 bridgehead atoms. The molecule has 1 unspecified atom stereocenters. The zero-order valence-electron chi connectivity index (χ0n) is 10.1. The predicted octanol–water partition coefficient (Wildman–Crippen LogP) is 1.39. The van der Waals surface area contributed by atoms with Crippen LogP contribution in [0.2, 0.25) is 0 Å². The molecule has 16 heavy (non-hydrogen) atoms. The summed E-state index contributed by atoms with van der Waals surface area (Å²) in [7, 11) is 1.96. The van der Waals surface area contributed by atoms with Gasteiger partial charge in [0, 0.05) is 25.5 Å². The van der Waals surface area contributed by atoms with Crippen LogP contribution in [0.25, 0.3) is 0 Å². The van der Waals surface area contributed by atoms with Crippen LogP contribution >= 0.6 is 0 Å². The molecule has 1 aromatic heterocycles. The molecule has 0 aliphatic rings. The highest BCUT2D eigenvalue weighted by Gasteiger charge is 2.16. The van der Waals surface area contributed by atoms with Crippen LogP contribution in [0.15, 0.2) is 12.4 Å². The molecule has 0 amide bonds. The first-order chi connectivity index (χ1) is 7.57. The summed E-state index contributed by atoms with van der Waals surface area (Å²) in [6.07, 6.45) is 5.36. The highest BCUT2D eigenvalue weighted by molar-refractivity contribution is 5.97. The lowest BCUT2D eigenvalue weighted by atomic mass is 10.1. The molecule has 1 heterocycles. The quantitative estimate of drug-likeness (QED) is 0.581. The number of aromatic nitrogens is 2. The molecule has 1 aromatic rings. The molecule has 1 rings (SSSR count). The van der Waals surface area contributed by atoms with E-state index in [9.17, 15) is 0 Å². The Bertz CT molecular complexity index is 363. The van der Waals surface area contributed by atoms with Gasteiger partial charge in [0.25, 0.3) is 0 Å². The van der Waals surface area contributed by atoms with E-state index in [0.717, 1.165) is 12.8 Å². The summed E-state index contributed by atoms with van der Waals surface area (Å²) >= 11 is 0. The van der Waals surface area contributed by atoms with E-state index in [4.69, 9.17) is 11.1 Å². The van der Waals surface area contributed by atoms with Gasteiger partial charge in [-0.3, -0.25) is 5.41 Å². The van der Waals surface area contributed by atoms with Crippen molar-refractivity contribution in [2.45, 2.75) is 32.7 Å². The van der Waals surface area contributed by atoms with Crippen molar-refractivity contribution in [2.75, 3.05) is 11.9 Å². The van der Waals surface area contributed by atoms with Gasteiger partial charge in [0.1, 0.15) is 11.5 Å². The van der Waals surface area contributed by atoms with Gasteiger partial charge in [-0.25, -0.2) is 9.97 Å². The van der Waals surface area contributed by atoms with Gasteiger partial charge in [0.15, 0.2) is 5.82 Å². The van der Waals surface area contributed by atoms with Crippen LogP contribution < -0.4 is 10.6 Å². The van der Waals surface area contributed by atoms with Crippen molar-refractivity contribution >= 4 is 11.7 Å². The number of rotatable bonds is 5. The topological polar surface area (TPSA) is 78.9 Å². The number of nitrogens with two attached hydrogens (primary N) is 1. The molecule has 0 radical (unpaired) electrons. The Hall–Kier alpha value is -1.65. The summed E-state index contributed by atoms with van der Waals surface area (Å²) in [6.45, 7) is 4.27. The lowest BCUT2D eigenvalue weighted by Gasteiger charge is -2.26. The van der Waals surface area contributed by atoms with Crippen molar-refractivity contribution in [3.05, 3.63) is 18.1 Å². The summed E-state index contributed by atoms with van der Waals surface area (Å²) in [5, 5.41) is 7.46. The Morgan fingerprint density at radius 2 is 2.12 bits per heavy atom. The first kappa shape index (κ1) is 12.4. The van der Waals surface area contributed by atoms with E-state index in [1.165, 1.54) is 0 Å². The van der Waals surface area contributed by atoms with Crippen molar-refractivity contribution in [1.29, 1.82) is 5.41 Å². The number of amidine groups is 1. The van der Waals surface area contributed by atoms with Crippen molar-refractivity contribution in [2.24, 2.45) is 5.73 Å². The van der Waals surface area contributed by atoms with Gasteiger partial charge in [0.05, 0.1) is 0 Å². The molecule has 0 fully saturated rings. The zero-order valence-corrected chi connectivity index (χ0v) is 10.1. The third-order valence-electron chi connectivity index (χ3n) is 2.64. The average molecular weight is 221 g/mol. The third kappa shape index (κ3) is 2.68. The maximum Gasteiger partial charge on any atom is 0.158 e. The fourth-order valence-corrected chi connectivity index (χ4v) is 1.60. The van der Waals surface area contributed by atoms with E-state index in [1.54, 1.807) is 12.4 Å². The Kier molecular flexibility index (Phi) is 4.22. The van der Waals surface area contributed by atoms with Crippen LogP contribution in [0, 0.1) is 5.41 Å². The van der Waals surface area contributed by atoms with Gasteiger partial charge in [-0.15, -0.1) is 0 Å². The van der Waals surface area contributed by atoms with Gasteiger partial charge in [-0.1, -0.05) is 13.3 Å². The Morgan fingerprint density at radius 1 is 1.50 bits per heavy atom. The summed E-state index contributed by atoms with van der Waals surface area (Å²) in [5.74, 6) is 0.634. The molecule has 5 heteroatoms. The Balaban J connectivity index is 2.98. The Labute approximate surface area is 96.2 Å². The highest BCUT2D eigenvalue weighted by Crippen LogP contribution is 2.17. The second-order valence-corrected chi connectivity index (χ2v) is 3.89. The summed E-state index contributed by atoms with van der Waals surface area (Å²) in [6, 6.07) is 0.361. The molecule has 0 aliphatic heterocycles. The number of anilines is 1. The van der Waals surface area contributed by atoms with Crippen LogP contribution in [0.4, 0.5) is 5.82 Å². The normalized spacial score (nSPS) is 12.2. The average Bonchev–Trinajstić information content (AvgIpc) is 2.28. The maximum atomic E-state index is 7.46. The van der Waals surface area contributed by atoms with Crippen LogP contribution in [0.3, 0.4) is 0 Å². The van der Waals surface area contributed by atoms with E-state index in [-0.39, 0.29) is 5.84 Å². The van der Waals surface area contributed by atoms with Crippen molar-refractivity contribution in [1.82, 2.24) is 9.97 Å². The fraction of sp³-hybridized carbons (Fsp3) is 0.545. The monoisotopic (exact) mass is 221 g/mol. The van der Waals surface area contributed by atoms with Crippen LogP contribution in [-0.4, -0.2) is 28.9 Å². The fourth-order valence-electron chi connectivity index (χ4n) is 1.60. The number of hydrogen-bond donors (Lipinski definition) is 2. The second kappa shape index (κ2) is 5.44. The number of nitrogens with zero attached hydrogens (tertiary/aromatic N) is 3. The minimum atomic E-state index is -0.0429. The van der Waals surface area contributed by atoms with E-state index in [2.05, 4.69) is 23.8 Å². The van der Waals surface area contributed by atoms with Gasteiger partial charge < -0.3 is 10.6 Å².